The standard InChI is InChI=1S/C19H24O6/c1-9(2)18(22)24-14-7-10(3)6-13(20)17(21)11(4)8-15-16(14)12(5)19(23)25-15/h6,8,13-17,20-21H,1,5,7H2,2-4H3/b10-6+,11-8+/t13-,14+,15+,16+,17-/m0/s1. The second-order valence-electron chi connectivity index (χ2n) is 6.71. The molecule has 6 nitrogen and oxygen atoms in total. The molecule has 2 N–H and O–H groups in total. The lowest BCUT2D eigenvalue weighted by atomic mass is 9.84. The molecule has 0 radical (unpaired) electrons. The normalized spacial score (nSPS) is 37.1. The number of carbonyl (C=O) groups excluding carboxylic acids is 2. The summed E-state index contributed by atoms with van der Waals surface area (Å²) in [5, 5.41) is 20.3. The van der Waals surface area contributed by atoms with Gasteiger partial charge in [-0.05, 0) is 32.4 Å². The molecule has 25 heavy (non-hydrogen) atoms. The number of esters is 2. The number of carbonyl (C=O) groups is 2. The van der Waals surface area contributed by atoms with Crippen molar-refractivity contribution in [3.63, 3.8) is 0 Å². The minimum Gasteiger partial charge on any atom is -0.458 e. The van der Waals surface area contributed by atoms with Crippen LogP contribution in [0.3, 0.4) is 0 Å². The van der Waals surface area contributed by atoms with Crippen molar-refractivity contribution in [3.05, 3.63) is 47.6 Å². The molecule has 1 saturated heterocycles. The summed E-state index contributed by atoms with van der Waals surface area (Å²) in [7, 11) is 0. The molecule has 0 spiro atoms. The zero-order valence-electron chi connectivity index (χ0n) is 14.7. The fourth-order valence-corrected chi connectivity index (χ4v) is 3.06. The third-order valence-corrected chi connectivity index (χ3v) is 4.46. The highest BCUT2D eigenvalue weighted by Crippen LogP contribution is 2.36. The first-order valence-corrected chi connectivity index (χ1v) is 8.09. The monoisotopic (exact) mass is 348 g/mol. The number of hydrogen-bond donors (Lipinski definition) is 2. The summed E-state index contributed by atoms with van der Waals surface area (Å²) in [6, 6.07) is 0. The van der Waals surface area contributed by atoms with Crippen molar-refractivity contribution in [1.29, 1.82) is 0 Å². The molecule has 2 aliphatic rings. The first kappa shape index (κ1) is 19.1. The highest BCUT2D eigenvalue weighted by Gasteiger charge is 2.44. The van der Waals surface area contributed by atoms with Crippen molar-refractivity contribution in [3.8, 4) is 0 Å². The number of aliphatic hydroxyl groups excluding tert-OH is 2. The SMILES string of the molecule is C=C(C)C(=O)O[C@@H]1C/C(C)=C/[C@H](O)[C@@H](O)/C(C)=C/[C@H]2OC(=O)C(=C)[C@@H]21. The third-order valence-electron chi connectivity index (χ3n) is 4.46. The molecule has 136 valence electrons. The average molecular weight is 348 g/mol. The van der Waals surface area contributed by atoms with Gasteiger partial charge in [0.25, 0.3) is 0 Å². The molecule has 0 aromatic carbocycles. The van der Waals surface area contributed by atoms with Gasteiger partial charge in [-0.25, -0.2) is 9.59 Å². The van der Waals surface area contributed by atoms with E-state index in [0.717, 1.165) is 0 Å². The Balaban J connectivity index is 2.47. The van der Waals surface area contributed by atoms with Crippen LogP contribution in [0.2, 0.25) is 0 Å². The molecule has 2 rings (SSSR count). The first-order chi connectivity index (χ1) is 11.6. The molecule has 1 aliphatic heterocycles. The number of aliphatic hydroxyl groups is 2. The maximum absolute atomic E-state index is 12.0. The smallest absolute Gasteiger partial charge is 0.334 e. The van der Waals surface area contributed by atoms with Gasteiger partial charge in [0.2, 0.25) is 0 Å². The van der Waals surface area contributed by atoms with Crippen molar-refractivity contribution in [1.82, 2.24) is 0 Å². The Morgan fingerprint density at radius 2 is 1.96 bits per heavy atom. The quantitative estimate of drug-likeness (QED) is 0.447. The second-order valence-corrected chi connectivity index (χ2v) is 6.71. The van der Waals surface area contributed by atoms with Crippen molar-refractivity contribution >= 4 is 11.9 Å². The van der Waals surface area contributed by atoms with Crippen LogP contribution in [-0.2, 0) is 19.1 Å². The Kier molecular flexibility index (Phi) is 5.65. The van der Waals surface area contributed by atoms with E-state index in [1.54, 1.807) is 19.9 Å². The van der Waals surface area contributed by atoms with E-state index in [9.17, 15) is 19.8 Å². The number of ether oxygens (including phenoxy) is 2. The molecule has 0 amide bonds. The molecular weight excluding hydrogens is 324 g/mol. The lowest BCUT2D eigenvalue weighted by Gasteiger charge is -2.28. The molecule has 5 atom stereocenters. The van der Waals surface area contributed by atoms with E-state index in [0.29, 0.717) is 11.1 Å². The van der Waals surface area contributed by atoms with Crippen LogP contribution in [0.15, 0.2) is 47.6 Å². The molecular formula is C19H24O6. The van der Waals surface area contributed by atoms with Crippen molar-refractivity contribution in [2.45, 2.75) is 51.6 Å². The minimum atomic E-state index is -1.11. The molecule has 1 heterocycles. The van der Waals surface area contributed by atoms with Gasteiger partial charge in [0.15, 0.2) is 0 Å². The van der Waals surface area contributed by atoms with E-state index >= 15 is 0 Å². The summed E-state index contributed by atoms with van der Waals surface area (Å²) in [5.74, 6) is -1.70. The molecule has 0 saturated carbocycles. The second kappa shape index (κ2) is 7.37. The van der Waals surface area contributed by atoms with Gasteiger partial charge in [0.05, 0.1) is 5.92 Å². The van der Waals surface area contributed by atoms with Crippen molar-refractivity contribution in [2.75, 3.05) is 0 Å². The molecule has 6 heteroatoms. The summed E-state index contributed by atoms with van der Waals surface area (Å²) in [6.45, 7) is 12.3. The molecule has 1 aliphatic carbocycles. The van der Waals surface area contributed by atoms with Gasteiger partial charge in [0, 0.05) is 17.6 Å². The van der Waals surface area contributed by atoms with Gasteiger partial charge in [-0.1, -0.05) is 24.8 Å². The zero-order valence-corrected chi connectivity index (χ0v) is 14.7. The van der Waals surface area contributed by atoms with E-state index in [2.05, 4.69) is 13.2 Å². The van der Waals surface area contributed by atoms with Crippen LogP contribution in [0.4, 0.5) is 0 Å². The summed E-state index contributed by atoms with van der Waals surface area (Å²) < 4.78 is 10.9. The number of hydrogen-bond acceptors (Lipinski definition) is 6. The predicted octanol–water partition coefficient (Wildman–Crippen LogP) is 1.59. The molecule has 0 aromatic heterocycles. The Bertz CT molecular complexity index is 671. The highest BCUT2D eigenvalue weighted by molar-refractivity contribution is 5.91. The summed E-state index contributed by atoms with van der Waals surface area (Å²) in [4.78, 5) is 24.0. The van der Waals surface area contributed by atoms with Gasteiger partial charge in [-0.15, -0.1) is 0 Å². The maximum atomic E-state index is 12.0. The molecule has 0 bridgehead atoms. The van der Waals surface area contributed by atoms with Crippen LogP contribution in [0, 0.1) is 5.92 Å². The van der Waals surface area contributed by atoms with Crippen LogP contribution in [0.5, 0.6) is 0 Å². The third kappa shape index (κ3) is 4.08. The first-order valence-electron chi connectivity index (χ1n) is 8.09. The highest BCUT2D eigenvalue weighted by atomic mass is 16.6. The van der Waals surface area contributed by atoms with Gasteiger partial charge in [-0.2, -0.15) is 0 Å². The van der Waals surface area contributed by atoms with Gasteiger partial charge in [0.1, 0.15) is 24.4 Å². The van der Waals surface area contributed by atoms with Gasteiger partial charge < -0.3 is 19.7 Å². The van der Waals surface area contributed by atoms with E-state index in [1.165, 1.54) is 13.0 Å². The van der Waals surface area contributed by atoms with Crippen LogP contribution in [0.25, 0.3) is 0 Å². The molecule has 0 unspecified atom stereocenters. The van der Waals surface area contributed by atoms with Gasteiger partial charge in [-0.3, -0.25) is 0 Å². The van der Waals surface area contributed by atoms with E-state index in [1.807, 2.05) is 0 Å². The van der Waals surface area contributed by atoms with Crippen LogP contribution < -0.4 is 0 Å². The predicted molar refractivity (Wildman–Crippen MR) is 91.3 cm³/mol. The molecule has 0 aromatic rings. The van der Waals surface area contributed by atoms with E-state index in [4.69, 9.17) is 9.47 Å². The average Bonchev–Trinajstić information content (AvgIpc) is 2.79. The lowest BCUT2D eigenvalue weighted by molar-refractivity contribution is -0.147. The van der Waals surface area contributed by atoms with E-state index < -0.39 is 42.3 Å². The van der Waals surface area contributed by atoms with Crippen molar-refractivity contribution < 1.29 is 29.3 Å². The van der Waals surface area contributed by atoms with E-state index in [-0.39, 0.29) is 17.6 Å². The Morgan fingerprint density at radius 3 is 2.56 bits per heavy atom. The fraction of sp³-hybridized carbons (Fsp3) is 0.474. The number of fused-ring (bicyclic) bond motifs is 1. The Labute approximate surface area is 147 Å². The minimum absolute atomic E-state index is 0.219. The lowest BCUT2D eigenvalue weighted by Crippen LogP contribution is -2.35. The van der Waals surface area contributed by atoms with Crippen LogP contribution >= 0.6 is 0 Å². The van der Waals surface area contributed by atoms with Gasteiger partial charge >= 0.3 is 11.9 Å². The van der Waals surface area contributed by atoms with Crippen LogP contribution in [-0.4, -0.2) is 46.6 Å². The van der Waals surface area contributed by atoms with Crippen LogP contribution in [0.1, 0.15) is 27.2 Å². The topological polar surface area (TPSA) is 93.1 Å². The summed E-state index contributed by atoms with van der Waals surface area (Å²) in [6.07, 6.45) is -0.281. The zero-order chi connectivity index (χ0) is 18.9. The maximum Gasteiger partial charge on any atom is 0.334 e. The Hall–Kier alpha value is -2.18. The number of rotatable bonds is 2. The molecule has 1 fully saturated rings. The fourth-order valence-electron chi connectivity index (χ4n) is 3.06. The summed E-state index contributed by atoms with van der Waals surface area (Å²) >= 11 is 0. The Morgan fingerprint density at radius 1 is 1.32 bits per heavy atom. The summed E-state index contributed by atoms with van der Waals surface area (Å²) in [5.41, 5.74) is 1.64. The van der Waals surface area contributed by atoms with Crippen molar-refractivity contribution in [2.24, 2.45) is 5.92 Å². The largest absolute Gasteiger partial charge is 0.458 e.